The van der Waals surface area contributed by atoms with E-state index in [1.54, 1.807) is 6.07 Å². The minimum absolute atomic E-state index is 0.216. The number of piperidine rings is 1. The van der Waals surface area contributed by atoms with Gasteiger partial charge in [-0.2, -0.15) is 27.6 Å². The maximum Gasteiger partial charge on any atom is 0.452 e. The first-order valence-corrected chi connectivity index (χ1v) is 7.17. The predicted molar refractivity (Wildman–Crippen MR) is 72.0 cm³/mol. The van der Waals surface area contributed by atoms with Gasteiger partial charge < -0.3 is 10.6 Å². The number of halogens is 3. The Balaban J connectivity index is 1.64. The molecule has 1 fully saturated rings. The molecular formula is C11H13F3N6S. The maximum atomic E-state index is 12.5. The van der Waals surface area contributed by atoms with Crippen LogP contribution in [0.15, 0.2) is 12.3 Å². The lowest BCUT2D eigenvalue weighted by molar-refractivity contribution is -0.144. The summed E-state index contributed by atoms with van der Waals surface area (Å²) in [5, 5.41) is 4.49. The van der Waals surface area contributed by atoms with E-state index in [0.717, 1.165) is 24.4 Å². The molecular weight excluding hydrogens is 305 g/mol. The molecule has 2 N–H and O–H groups in total. The monoisotopic (exact) mass is 318 g/mol. The van der Waals surface area contributed by atoms with Gasteiger partial charge in [-0.1, -0.05) is 0 Å². The normalized spacial score (nSPS) is 17.4. The highest BCUT2D eigenvalue weighted by atomic mass is 32.1. The molecule has 0 radical (unpaired) electrons. The fourth-order valence-electron chi connectivity index (χ4n) is 2.34. The van der Waals surface area contributed by atoms with E-state index < -0.39 is 12.0 Å². The van der Waals surface area contributed by atoms with Crippen molar-refractivity contribution in [3.63, 3.8) is 0 Å². The fourth-order valence-corrected chi connectivity index (χ4v) is 3.07. The topological polar surface area (TPSA) is 72.9 Å². The summed E-state index contributed by atoms with van der Waals surface area (Å²) in [4.78, 5) is 5.40. The van der Waals surface area contributed by atoms with Gasteiger partial charge in [-0.05, 0) is 18.9 Å². The van der Waals surface area contributed by atoms with E-state index in [9.17, 15) is 13.2 Å². The quantitative estimate of drug-likeness (QED) is 0.919. The van der Waals surface area contributed by atoms with Crippen molar-refractivity contribution in [3.8, 4) is 0 Å². The Hall–Kier alpha value is -1.84. The first kappa shape index (κ1) is 14.1. The third-order valence-electron chi connectivity index (χ3n) is 3.41. The van der Waals surface area contributed by atoms with Gasteiger partial charge >= 0.3 is 6.18 Å². The van der Waals surface area contributed by atoms with E-state index in [-0.39, 0.29) is 6.04 Å². The van der Waals surface area contributed by atoms with Crippen molar-refractivity contribution in [2.24, 2.45) is 0 Å². The molecule has 1 aliphatic heterocycles. The second-order valence-electron chi connectivity index (χ2n) is 4.84. The Morgan fingerprint density at radius 2 is 2.00 bits per heavy atom. The Morgan fingerprint density at radius 1 is 1.29 bits per heavy atom. The van der Waals surface area contributed by atoms with Gasteiger partial charge in [0.15, 0.2) is 0 Å². The zero-order chi connectivity index (χ0) is 15.0. The van der Waals surface area contributed by atoms with E-state index in [0.29, 0.717) is 24.0 Å². The molecule has 2 aromatic heterocycles. The van der Waals surface area contributed by atoms with Crippen LogP contribution in [-0.4, -0.2) is 32.2 Å². The molecule has 0 atom stereocenters. The Bertz CT molecular complexity index is 614. The molecule has 1 aliphatic rings. The first-order valence-electron chi connectivity index (χ1n) is 6.40. The number of nitrogens with zero attached hydrogens (tertiary/aromatic N) is 5. The lowest BCUT2D eigenvalue weighted by Gasteiger charge is -2.31. The number of nitrogen functional groups attached to an aromatic ring is 1. The summed E-state index contributed by atoms with van der Waals surface area (Å²) in [7, 11) is 0. The van der Waals surface area contributed by atoms with Crippen LogP contribution in [0.3, 0.4) is 0 Å². The van der Waals surface area contributed by atoms with E-state index in [4.69, 9.17) is 5.73 Å². The van der Waals surface area contributed by atoms with Crippen LogP contribution in [0.5, 0.6) is 0 Å². The number of alkyl halides is 3. The van der Waals surface area contributed by atoms with Crippen LogP contribution < -0.4 is 10.6 Å². The lowest BCUT2D eigenvalue weighted by atomic mass is 10.1. The highest BCUT2D eigenvalue weighted by Crippen LogP contribution is 2.32. The average molecular weight is 318 g/mol. The summed E-state index contributed by atoms with van der Waals surface area (Å²) in [5.74, 6) is -0.596. The van der Waals surface area contributed by atoms with Gasteiger partial charge in [0.1, 0.15) is 5.82 Å². The predicted octanol–water partition coefficient (Wildman–Crippen LogP) is 2.18. The van der Waals surface area contributed by atoms with Crippen LogP contribution in [0.1, 0.15) is 24.7 Å². The molecule has 1 saturated heterocycles. The molecule has 6 nitrogen and oxygen atoms in total. The number of hydrogen-bond donors (Lipinski definition) is 1. The van der Waals surface area contributed by atoms with Crippen molar-refractivity contribution < 1.29 is 13.2 Å². The standard InChI is InChI=1S/C11H13F3N6S/c12-11(13,14)9-16-10(21-18-9)19-4-1-7(2-5-19)20-6-3-8(15)17-20/h3,6-7H,1-2,4-5H2,(H2,15,17). The summed E-state index contributed by atoms with van der Waals surface area (Å²) in [6.07, 6.45) is -1.11. The molecule has 114 valence electrons. The average Bonchev–Trinajstić information content (AvgIpc) is 3.07. The van der Waals surface area contributed by atoms with Gasteiger partial charge in [0.25, 0.3) is 0 Å². The molecule has 0 bridgehead atoms. The highest BCUT2D eigenvalue weighted by Gasteiger charge is 2.37. The van der Waals surface area contributed by atoms with Crippen LogP contribution >= 0.6 is 11.5 Å². The molecule has 0 aliphatic carbocycles. The summed E-state index contributed by atoms with van der Waals surface area (Å²) in [6, 6.07) is 1.95. The third kappa shape index (κ3) is 2.94. The number of hydrogen-bond acceptors (Lipinski definition) is 6. The Kier molecular flexibility index (Phi) is 3.47. The van der Waals surface area contributed by atoms with Crippen molar-refractivity contribution in [3.05, 3.63) is 18.1 Å². The van der Waals surface area contributed by atoms with Crippen molar-refractivity contribution >= 4 is 22.5 Å². The lowest BCUT2D eigenvalue weighted by Crippen LogP contribution is -2.34. The molecule has 2 aromatic rings. The summed E-state index contributed by atoms with van der Waals surface area (Å²) >= 11 is 0.786. The van der Waals surface area contributed by atoms with E-state index >= 15 is 0 Å². The van der Waals surface area contributed by atoms with Crippen molar-refractivity contribution in [2.75, 3.05) is 23.7 Å². The minimum atomic E-state index is -4.49. The third-order valence-corrected chi connectivity index (χ3v) is 4.18. The van der Waals surface area contributed by atoms with Gasteiger partial charge in [-0.15, -0.1) is 0 Å². The van der Waals surface area contributed by atoms with Crippen molar-refractivity contribution in [2.45, 2.75) is 25.1 Å². The molecule has 3 rings (SSSR count). The first-order chi connectivity index (χ1) is 9.93. The van der Waals surface area contributed by atoms with Gasteiger partial charge in [0, 0.05) is 30.8 Å². The van der Waals surface area contributed by atoms with Crippen molar-refractivity contribution in [1.82, 2.24) is 19.1 Å². The van der Waals surface area contributed by atoms with Gasteiger partial charge in [0.2, 0.25) is 11.0 Å². The van der Waals surface area contributed by atoms with Gasteiger partial charge in [-0.25, -0.2) is 0 Å². The largest absolute Gasteiger partial charge is 0.452 e. The summed E-state index contributed by atoms with van der Waals surface area (Å²) < 4.78 is 42.7. The molecule has 0 spiro atoms. The van der Waals surface area contributed by atoms with Crippen LogP contribution in [0.2, 0.25) is 0 Å². The van der Waals surface area contributed by atoms with E-state index in [1.807, 2.05) is 15.8 Å². The maximum absolute atomic E-state index is 12.5. The number of aromatic nitrogens is 4. The SMILES string of the molecule is Nc1ccn(C2CCN(c3nc(C(F)(F)F)ns3)CC2)n1. The van der Waals surface area contributed by atoms with Crippen LogP contribution in [-0.2, 0) is 6.18 Å². The van der Waals surface area contributed by atoms with Gasteiger partial charge in [-0.3, -0.25) is 4.68 Å². The summed E-state index contributed by atoms with van der Waals surface area (Å²) in [5.41, 5.74) is 5.58. The minimum Gasteiger partial charge on any atom is -0.382 e. The zero-order valence-electron chi connectivity index (χ0n) is 10.9. The fraction of sp³-hybridized carbons (Fsp3) is 0.545. The van der Waals surface area contributed by atoms with Crippen molar-refractivity contribution in [1.29, 1.82) is 0 Å². The van der Waals surface area contributed by atoms with Gasteiger partial charge in [0.05, 0.1) is 6.04 Å². The molecule has 3 heterocycles. The molecule has 10 heteroatoms. The molecule has 0 aromatic carbocycles. The smallest absolute Gasteiger partial charge is 0.382 e. The molecule has 0 unspecified atom stereocenters. The van der Waals surface area contributed by atoms with Crippen LogP contribution in [0.25, 0.3) is 0 Å². The molecule has 0 amide bonds. The number of rotatable bonds is 2. The second kappa shape index (κ2) is 5.17. The summed E-state index contributed by atoms with van der Waals surface area (Å²) in [6.45, 7) is 1.24. The van der Waals surface area contributed by atoms with Crippen LogP contribution in [0, 0.1) is 0 Å². The molecule has 0 saturated carbocycles. The Morgan fingerprint density at radius 3 is 2.52 bits per heavy atom. The molecule has 21 heavy (non-hydrogen) atoms. The zero-order valence-corrected chi connectivity index (χ0v) is 11.7. The number of nitrogens with two attached hydrogens (primary N) is 1. The number of anilines is 2. The second-order valence-corrected chi connectivity index (χ2v) is 5.57. The van der Waals surface area contributed by atoms with E-state index in [1.165, 1.54) is 0 Å². The highest BCUT2D eigenvalue weighted by molar-refractivity contribution is 7.09. The van der Waals surface area contributed by atoms with Crippen LogP contribution in [0.4, 0.5) is 24.1 Å². The van der Waals surface area contributed by atoms with E-state index in [2.05, 4.69) is 14.5 Å². The Labute approximate surface area is 122 Å².